The van der Waals surface area contributed by atoms with E-state index >= 15 is 0 Å². The zero-order valence-corrected chi connectivity index (χ0v) is 17.1. The Hall–Kier alpha value is -1.59. The summed E-state index contributed by atoms with van der Waals surface area (Å²) in [6.07, 6.45) is 0. The number of β-amino-alcohol motifs (C(OH)–C–C–N with tert-alkyl or cyclic N) is 1. The van der Waals surface area contributed by atoms with Gasteiger partial charge in [0.1, 0.15) is 6.07 Å². The highest BCUT2D eigenvalue weighted by Gasteiger charge is 2.51. The molecule has 146 valence electrons. The third kappa shape index (κ3) is 3.85. The maximum atomic E-state index is 9.78. The fraction of sp³-hybridized carbons (Fsp3) is 0.650. The first kappa shape index (κ1) is 20.2. The molecule has 0 atom stereocenters. The number of anilines is 1. The van der Waals surface area contributed by atoms with Gasteiger partial charge in [-0.05, 0) is 51.7 Å². The molecule has 27 heavy (non-hydrogen) atoms. The van der Waals surface area contributed by atoms with Crippen LogP contribution in [-0.2, 0) is 9.31 Å². The lowest BCUT2D eigenvalue weighted by Crippen LogP contribution is -2.47. The number of aliphatic hydroxyl groups excluding tert-OH is 1. The van der Waals surface area contributed by atoms with Gasteiger partial charge in [0, 0.05) is 32.7 Å². The minimum Gasteiger partial charge on any atom is -0.399 e. The lowest BCUT2D eigenvalue weighted by atomic mass is 9.77. The molecule has 0 saturated carbocycles. The molecule has 0 aliphatic carbocycles. The van der Waals surface area contributed by atoms with Crippen LogP contribution in [0, 0.1) is 18.3 Å². The zero-order chi connectivity index (χ0) is 19.8. The maximum Gasteiger partial charge on any atom is 0.494 e. The van der Waals surface area contributed by atoms with Crippen molar-refractivity contribution >= 4 is 18.3 Å². The Kier molecular flexibility index (Phi) is 5.55. The highest BCUT2D eigenvalue weighted by atomic mass is 16.7. The highest BCUT2D eigenvalue weighted by Crippen LogP contribution is 2.37. The predicted molar refractivity (Wildman–Crippen MR) is 107 cm³/mol. The number of rotatable bonds is 4. The molecule has 0 aromatic heterocycles. The van der Waals surface area contributed by atoms with E-state index in [1.165, 1.54) is 0 Å². The molecule has 2 heterocycles. The molecule has 6 nitrogen and oxygen atoms in total. The Labute approximate surface area is 162 Å². The number of hydrogen-bond donors (Lipinski definition) is 1. The quantitative estimate of drug-likeness (QED) is 0.805. The van der Waals surface area contributed by atoms with Gasteiger partial charge < -0.3 is 19.3 Å². The summed E-state index contributed by atoms with van der Waals surface area (Å²) in [5.41, 5.74) is 2.82. The molecule has 0 radical (unpaired) electrons. The second kappa shape index (κ2) is 7.44. The van der Waals surface area contributed by atoms with Gasteiger partial charge in [-0.15, -0.1) is 0 Å². The molecular weight excluding hydrogens is 341 g/mol. The third-order valence-corrected chi connectivity index (χ3v) is 6.07. The standard InChI is InChI=1S/C20H30BN3O3/c1-15-12-17(21-26-19(2,3)20(4,5)27-21)13-16(14-22)18(15)24-8-6-23(7-9-24)10-11-25/h12-13,25H,6-11H2,1-5H3. The van der Waals surface area contributed by atoms with Gasteiger partial charge in [-0.1, -0.05) is 6.07 Å². The second-order valence-corrected chi connectivity index (χ2v) is 8.49. The molecule has 7 heteroatoms. The largest absolute Gasteiger partial charge is 0.494 e. The number of aliphatic hydroxyl groups is 1. The Morgan fingerprint density at radius 2 is 1.70 bits per heavy atom. The molecule has 2 aliphatic rings. The van der Waals surface area contributed by atoms with E-state index in [2.05, 4.69) is 21.9 Å². The van der Waals surface area contributed by atoms with Crippen molar-refractivity contribution in [1.82, 2.24) is 4.90 Å². The molecule has 0 amide bonds. The number of nitriles is 1. The molecule has 2 aliphatic heterocycles. The van der Waals surface area contributed by atoms with Crippen LogP contribution in [0.3, 0.4) is 0 Å². The van der Waals surface area contributed by atoms with Crippen molar-refractivity contribution in [2.45, 2.75) is 45.8 Å². The summed E-state index contributed by atoms with van der Waals surface area (Å²) in [6.45, 7) is 14.6. The van der Waals surface area contributed by atoms with E-state index in [9.17, 15) is 5.26 Å². The van der Waals surface area contributed by atoms with Gasteiger partial charge in [0.2, 0.25) is 0 Å². The minimum atomic E-state index is -0.462. The summed E-state index contributed by atoms with van der Waals surface area (Å²) in [7, 11) is -0.462. The van der Waals surface area contributed by atoms with Gasteiger partial charge in [-0.3, -0.25) is 4.90 Å². The van der Waals surface area contributed by atoms with E-state index in [4.69, 9.17) is 14.4 Å². The number of aryl methyl sites for hydroxylation is 1. The van der Waals surface area contributed by atoms with Gasteiger partial charge in [-0.2, -0.15) is 5.26 Å². The van der Waals surface area contributed by atoms with Gasteiger partial charge in [0.15, 0.2) is 0 Å². The molecule has 2 fully saturated rings. The van der Waals surface area contributed by atoms with Crippen LogP contribution in [0.4, 0.5) is 5.69 Å². The Bertz CT molecular complexity index is 721. The minimum absolute atomic E-state index is 0.186. The van der Waals surface area contributed by atoms with Crippen molar-refractivity contribution in [2.75, 3.05) is 44.2 Å². The first-order valence-corrected chi connectivity index (χ1v) is 9.67. The number of hydrogen-bond acceptors (Lipinski definition) is 6. The van der Waals surface area contributed by atoms with Crippen LogP contribution in [0.1, 0.15) is 38.8 Å². The molecule has 0 spiro atoms. The van der Waals surface area contributed by atoms with Crippen LogP contribution in [0.25, 0.3) is 0 Å². The van der Waals surface area contributed by atoms with Crippen molar-refractivity contribution in [3.05, 3.63) is 23.3 Å². The Balaban J connectivity index is 1.84. The monoisotopic (exact) mass is 371 g/mol. The average Bonchev–Trinajstić information content (AvgIpc) is 2.83. The van der Waals surface area contributed by atoms with Crippen LogP contribution >= 0.6 is 0 Å². The summed E-state index contributed by atoms with van der Waals surface area (Å²) in [5.74, 6) is 0. The summed E-state index contributed by atoms with van der Waals surface area (Å²) in [6, 6.07) is 6.36. The average molecular weight is 371 g/mol. The molecule has 3 rings (SSSR count). The lowest BCUT2D eigenvalue weighted by molar-refractivity contribution is 0.00578. The molecule has 0 bridgehead atoms. The van der Waals surface area contributed by atoms with Crippen molar-refractivity contribution in [3.8, 4) is 6.07 Å². The van der Waals surface area contributed by atoms with E-state index < -0.39 is 18.3 Å². The van der Waals surface area contributed by atoms with Gasteiger partial charge >= 0.3 is 7.12 Å². The van der Waals surface area contributed by atoms with Gasteiger partial charge in [0.05, 0.1) is 29.1 Å². The van der Waals surface area contributed by atoms with E-state index in [1.807, 2.05) is 40.7 Å². The van der Waals surface area contributed by atoms with Gasteiger partial charge in [0.25, 0.3) is 0 Å². The highest BCUT2D eigenvalue weighted by molar-refractivity contribution is 6.62. The van der Waals surface area contributed by atoms with E-state index in [0.717, 1.165) is 42.9 Å². The maximum absolute atomic E-state index is 9.78. The predicted octanol–water partition coefficient (Wildman–Crippen LogP) is 1.28. The van der Waals surface area contributed by atoms with Crippen LogP contribution in [-0.4, -0.2) is 67.7 Å². The topological polar surface area (TPSA) is 69.0 Å². The van der Waals surface area contributed by atoms with Gasteiger partial charge in [-0.25, -0.2) is 0 Å². The van der Waals surface area contributed by atoms with E-state index in [0.29, 0.717) is 12.1 Å². The van der Waals surface area contributed by atoms with Crippen molar-refractivity contribution in [3.63, 3.8) is 0 Å². The molecule has 1 aromatic rings. The smallest absolute Gasteiger partial charge is 0.399 e. The fourth-order valence-corrected chi connectivity index (χ4v) is 3.76. The number of piperazine rings is 1. The second-order valence-electron chi connectivity index (χ2n) is 8.49. The molecule has 0 unspecified atom stereocenters. The summed E-state index contributed by atoms with van der Waals surface area (Å²) >= 11 is 0. The normalized spacial score (nSPS) is 22.1. The number of benzene rings is 1. The summed E-state index contributed by atoms with van der Waals surface area (Å²) < 4.78 is 12.3. The number of nitrogens with zero attached hydrogens (tertiary/aromatic N) is 3. The zero-order valence-electron chi connectivity index (χ0n) is 17.1. The van der Waals surface area contributed by atoms with E-state index in [1.54, 1.807) is 0 Å². The molecule has 1 N–H and O–H groups in total. The first-order valence-electron chi connectivity index (χ1n) is 9.67. The van der Waals surface area contributed by atoms with Crippen LogP contribution in [0.15, 0.2) is 12.1 Å². The van der Waals surface area contributed by atoms with Crippen molar-refractivity contribution in [1.29, 1.82) is 5.26 Å². The third-order valence-electron chi connectivity index (χ3n) is 6.07. The van der Waals surface area contributed by atoms with Crippen LogP contribution in [0.5, 0.6) is 0 Å². The SMILES string of the molecule is Cc1cc(B2OC(C)(C)C(C)(C)O2)cc(C#N)c1N1CCN(CCO)CC1. The van der Waals surface area contributed by atoms with E-state index in [-0.39, 0.29) is 6.61 Å². The lowest BCUT2D eigenvalue weighted by Gasteiger charge is -2.37. The summed E-state index contributed by atoms with van der Waals surface area (Å²) in [5, 5.41) is 18.9. The van der Waals surface area contributed by atoms with Crippen LogP contribution < -0.4 is 10.4 Å². The Morgan fingerprint density at radius 1 is 1.11 bits per heavy atom. The summed E-state index contributed by atoms with van der Waals surface area (Å²) in [4.78, 5) is 4.52. The van der Waals surface area contributed by atoms with Crippen molar-refractivity contribution in [2.24, 2.45) is 0 Å². The first-order chi connectivity index (χ1) is 12.7. The molecule has 1 aromatic carbocycles. The molecular formula is C20H30BN3O3. The Morgan fingerprint density at radius 3 is 2.22 bits per heavy atom. The molecule has 2 saturated heterocycles. The fourth-order valence-electron chi connectivity index (χ4n) is 3.76. The van der Waals surface area contributed by atoms with Crippen molar-refractivity contribution < 1.29 is 14.4 Å². The van der Waals surface area contributed by atoms with Crippen LogP contribution in [0.2, 0.25) is 0 Å².